The van der Waals surface area contributed by atoms with Crippen LogP contribution in [0, 0.1) is 0 Å². The van der Waals surface area contributed by atoms with Crippen molar-refractivity contribution in [2.75, 3.05) is 18.0 Å². The van der Waals surface area contributed by atoms with Gasteiger partial charge in [-0.25, -0.2) is 5.06 Å². The maximum absolute atomic E-state index is 5.20. The molecule has 0 aromatic heterocycles. The van der Waals surface area contributed by atoms with Crippen LogP contribution in [0.2, 0.25) is 0 Å². The molecule has 1 atom stereocenters. The molecule has 4 heteroatoms. The van der Waals surface area contributed by atoms with E-state index >= 15 is 0 Å². The molecule has 0 N–H and O–H groups in total. The summed E-state index contributed by atoms with van der Waals surface area (Å²) in [5.74, 6) is 0.860. The largest absolute Gasteiger partial charge is 0.272 e. The molecule has 1 aliphatic heterocycles. The lowest BCUT2D eigenvalue weighted by atomic mass is 10.3. The predicted octanol–water partition coefficient (Wildman–Crippen LogP) is 1.85. The Labute approximate surface area is 79.6 Å². The zero-order valence-electron chi connectivity index (χ0n) is 6.73. The van der Waals surface area contributed by atoms with Crippen LogP contribution in [0.5, 0.6) is 0 Å². The zero-order valence-corrected chi connectivity index (χ0v) is 8.44. The number of hydrogen-bond acceptors (Lipinski definition) is 3. The lowest BCUT2D eigenvalue weighted by Gasteiger charge is -2.09. The summed E-state index contributed by atoms with van der Waals surface area (Å²) < 4.78 is 0. The number of thiol groups is 1. The topological polar surface area (TPSA) is 12.5 Å². The van der Waals surface area contributed by atoms with E-state index in [9.17, 15) is 0 Å². The van der Waals surface area contributed by atoms with Gasteiger partial charge in [0.15, 0.2) is 4.90 Å². The van der Waals surface area contributed by atoms with Gasteiger partial charge in [0.2, 0.25) is 5.88 Å². The molecule has 0 fully saturated rings. The Balaban J connectivity index is 2.43. The number of fused-ring (bicyclic) bond motifs is 1. The molecule has 0 saturated heterocycles. The molecule has 1 aliphatic rings. The minimum Gasteiger partial charge on any atom is -0.272 e. The number of hydroxylamine groups is 1. The van der Waals surface area contributed by atoms with Gasteiger partial charge in [-0.05, 0) is 12.1 Å². The SMILES string of the molecule is CON1C[S+](S)c2ccccc21. The normalized spacial score (nSPS) is 21.2. The van der Waals surface area contributed by atoms with E-state index in [-0.39, 0.29) is 9.93 Å². The van der Waals surface area contributed by atoms with Crippen molar-refractivity contribution in [3.63, 3.8) is 0 Å². The van der Waals surface area contributed by atoms with Crippen molar-refractivity contribution in [2.45, 2.75) is 4.90 Å². The third kappa shape index (κ3) is 1.20. The van der Waals surface area contributed by atoms with E-state index in [1.54, 1.807) is 7.11 Å². The summed E-state index contributed by atoms with van der Waals surface area (Å²) in [6, 6.07) is 8.21. The summed E-state index contributed by atoms with van der Waals surface area (Å²) in [4.78, 5) is 6.48. The maximum Gasteiger partial charge on any atom is 0.221 e. The van der Waals surface area contributed by atoms with E-state index in [4.69, 9.17) is 4.84 Å². The number of nitrogens with zero attached hydrogens (tertiary/aromatic N) is 1. The summed E-state index contributed by atoms with van der Waals surface area (Å²) in [6.45, 7) is 0. The van der Waals surface area contributed by atoms with Crippen molar-refractivity contribution >= 4 is 27.3 Å². The highest BCUT2D eigenvalue weighted by Crippen LogP contribution is 2.36. The molecule has 0 saturated carbocycles. The van der Waals surface area contributed by atoms with Crippen LogP contribution in [0.3, 0.4) is 0 Å². The molecular formula is C8H10NOS2+. The first-order valence-electron chi connectivity index (χ1n) is 3.63. The second kappa shape index (κ2) is 3.20. The minimum atomic E-state index is 0.0176. The number of rotatable bonds is 1. The molecular weight excluding hydrogens is 190 g/mol. The summed E-state index contributed by atoms with van der Waals surface area (Å²) in [6.07, 6.45) is 0. The van der Waals surface area contributed by atoms with Crippen molar-refractivity contribution in [3.8, 4) is 0 Å². The Hall–Kier alpha value is -0.320. The fourth-order valence-corrected chi connectivity index (χ4v) is 3.29. The van der Waals surface area contributed by atoms with Gasteiger partial charge in [-0.3, -0.25) is 4.84 Å². The number of anilines is 1. The monoisotopic (exact) mass is 200 g/mol. The first-order chi connectivity index (χ1) is 5.83. The fraction of sp³-hybridized carbons (Fsp3) is 0.250. The van der Waals surface area contributed by atoms with Gasteiger partial charge >= 0.3 is 0 Å². The van der Waals surface area contributed by atoms with Gasteiger partial charge in [-0.1, -0.05) is 12.1 Å². The summed E-state index contributed by atoms with van der Waals surface area (Å²) in [5, 5.41) is 1.88. The Morgan fingerprint density at radius 2 is 2.25 bits per heavy atom. The molecule has 0 bridgehead atoms. The highest BCUT2D eigenvalue weighted by atomic mass is 33.1. The van der Waals surface area contributed by atoms with Crippen LogP contribution in [0.4, 0.5) is 5.69 Å². The van der Waals surface area contributed by atoms with E-state index in [0.717, 1.165) is 11.6 Å². The van der Waals surface area contributed by atoms with Gasteiger partial charge in [-0.15, -0.1) is 0 Å². The van der Waals surface area contributed by atoms with Gasteiger partial charge in [0.05, 0.1) is 18.8 Å². The molecule has 0 radical (unpaired) electrons. The predicted molar refractivity (Wildman–Crippen MR) is 55.4 cm³/mol. The van der Waals surface area contributed by atoms with E-state index in [1.807, 2.05) is 17.2 Å². The van der Waals surface area contributed by atoms with Crippen molar-refractivity contribution in [1.82, 2.24) is 0 Å². The van der Waals surface area contributed by atoms with Gasteiger partial charge in [0.25, 0.3) is 0 Å². The highest BCUT2D eigenvalue weighted by Gasteiger charge is 2.35. The van der Waals surface area contributed by atoms with Crippen LogP contribution in [0.15, 0.2) is 29.2 Å². The molecule has 1 unspecified atom stereocenters. The van der Waals surface area contributed by atoms with Crippen LogP contribution >= 0.6 is 11.7 Å². The van der Waals surface area contributed by atoms with Crippen LogP contribution in [0.1, 0.15) is 0 Å². The molecule has 0 amide bonds. The average molecular weight is 200 g/mol. The van der Waals surface area contributed by atoms with Crippen LogP contribution in [-0.2, 0) is 14.8 Å². The van der Waals surface area contributed by atoms with Gasteiger partial charge < -0.3 is 0 Å². The molecule has 0 spiro atoms. The van der Waals surface area contributed by atoms with Crippen LogP contribution < -0.4 is 5.06 Å². The Kier molecular flexibility index (Phi) is 2.21. The van der Waals surface area contributed by atoms with E-state index in [1.165, 1.54) is 4.90 Å². The first kappa shape index (κ1) is 8.29. The molecule has 1 aromatic carbocycles. The Bertz CT molecular complexity index is 292. The molecule has 64 valence electrons. The van der Waals surface area contributed by atoms with Crippen molar-refractivity contribution in [1.29, 1.82) is 0 Å². The van der Waals surface area contributed by atoms with E-state index in [0.29, 0.717) is 0 Å². The number of para-hydroxylation sites is 1. The Morgan fingerprint density at radius 3 is 3.00 bits per heavy atom. The third-order valence-corrected chi connectivity index (χ3v) is 4.12. The first-order valence-corrected chi connectivity index (χ1v) is 6.08. The summed E-state index contributed by atoms with van der Waals surface area (Å²) >= 11 is 4.49. The van der Waals surface area contributed by atoms with Gasteiger partial charge in [0.1, 0.15) is 15.6 Å². The second-order valence-corrected chi connectivity index (χ2v) is 5.27. The van der Waals surface area contributed by atoms with E-state index in [2.05, 4.69) is 23.8 Å². The minimum absolute atomic E-state index is 0.0176. The smallest absolute Gasteiger partial charge is 0.221 e. The molecule has 0 aliphatic carbocycles. The second-order valence-electron chi connectivity index (χ2n) is 2.52. The van der Waals surface area contributed by atoms with Crippen LogP contribution in [-0.4, -0.2) is 13.0 Å². The number of benzene rings is 1. The average Bonchev–Trinajstić information content (AvgIpc) is 2.44. The maximum atomic E-state index is 5.20. The fourth-order valence-electron chi connectivity index (χ4n) is 1.26. The molecule has 2 nitrogen and oxygen atoms in total. The van der Waals surface area contributed by atoms with Crippen molar-refractivity contribution < 1.29 is 4.84 Å². The molecule has 2 rings (SSSR count). The lowest BCUT2D eigenvalue weighted by molar-refractivity contribution is 0.181. The quantitative estimate of drug-likeness (QED) is 0.422. The highest BCUT2D eigenvalue weighted by molar-refractivity contribution is 8.66. The van der Waals surface area contributed by atoms with Crippen molar-refractivity contribution in [3.05, 3.63) is 24.3 Å². The molecule has 1 aromatic rings. The van der Waals surface area contributed by atoms with Gasteiger partial charge in [-0.2, -0.15) is 0 Å². The molecule has 1 heterocycles. The molecule has 12 heavy (non-hydrogen) atoms. The van der Waals surface area contributed by atoms with Gasteiger partial charge in [0, 0.05) is 0 Å². The standard InChI is InChI=1S/C8H10NOS2/c1-10-9-6-12(11)8-5-3-2-4-7(8)9/h2-5,11H,6H2,1H3/q+1. The Morgan fingerprint density at radius 1 is 1.50 bits per heavy atom. The van der Waals surface area contributed by atoms with Crippen LogP contribution in [0.25, 0.3) is 0 Å². The number of hydrogen-bond donors (Lipinski definition) is 1. The zero-order chi connectivity index (χ0) is 8.55. The summed E-state index contributed by atoms with van der Waals surface area (Å²) in [7, 11) is 1.71. The third-order valence-electron chi connectivity index (χ3n) is 1.85. The van der Waals surface area contributed by atoms with E-state index < -0.39 is 0 Å². The summed E-state index contributed by atoms with van der Waals surface area (Å²) in [5.41, 5.74) is 1.15. The van der Waals surface area contributed by atoms with Crippen molar-refractivity contribution in [2.24, 2.45) is 0 Å². The lowest BCUT2D eigenvalue weighted by Crippen LogP contribution is -2.19.